The third kappa shape index (κ3) is 2.98. The molecule has 0 saturated heterocycles. The molecule has 0 aliphatic rings. The third-order valence-electron chi connectivity index (χ3n) is 2.85. The van der Waals surface area contributed by atoms with Gasteiger partial charge in [-0.25, -0.2) is 4.79 Å². The van der Waals surface area contributed by atoms with Gasteiger partial charge < -0.3 is 10.3 Å². The quantitative estimate of drug-likeness (QED) is 0.749. The van der Waals surface area contributed by atoms with E-state index in [1.165, 1.54) is 15.9 Å². The molecule has 3 aromatic rings. The highest BCUT2D eigenvalue weighted by molar-refractivity contribution is 9.11. The smallest absolute Gasteiger partial charge is 0.321 e. The van der Waals surface area contributed by atoms with Crippen molar-refractivity contribution in [2.24, 2.45) is 0 Å². The number of rotatable bonds is 3. The Hall–Kier alpha value is -2.12. The number of thiophene rings is 1. The average molecular weight is 364 g/mol. The molecular weight excluding hydrogens is 354 g/mol. The van der Waals surface area contributed by atoms with E-state index in [0.717, 1.165) is 9.47 Å². The van der Waals surface area contributed by atoms with Gasteiger partial charge in [-0.1, -0.05) is 0 Å². The molecule has 0 radical (unpaired) electrons. The predicted molar refractivity (Wildman–Crippen MR) is 86.4 cm³/mol. The van der Waals surface area contributed by atoms with Crippen LogP contribution in [0.5, 0.6) is 0 Å². The van der Waals surface area contributed by atoms with Gasteiger partial charge in [-0.3, -0.25) is 9.36 Å². The largest absolute Gasteiger partial charge is 0.330 e. The highest BCUT2D eigenvalue weighted by Crippen LogP contribution is 2.23. The van der Waals surface area contributed by atoms with Crippen molar-refractivity contribution in [2.75, 3.05) is 5.32 Å². The molecule has 21 heavy (non-hydrogen) atoms. The first-order valence-electron chi connectivity index (χ1n) is 6.06. The minimum atomic E-state index is -0.199. The number of carbonyl (C=O) groups is 1. The first kappa shape index (κ1) is 13.8. The van der Waals surface area contributed by atoms with Crippen molar-refractivity contribution in [1.29, 1.82) is 0 Å². The number of aromatic nitrogens is 2. The average Bonchev–Trinajstić information content (AvgIpc) is 3.08. The summed E-state index contributed by atoms with van der Waals surface area (Å²) in [5.74, 6) is -0.155. The van der Waals surface area contributed by atoms with Crippen LogP contribution in [0.3, 0.4) is 0 Å². The first-order valence-corrected chi connectivity index (χ1v) is 7.67. The van der Waals surface area contributed by atoms with Gasteiger partial charge >= 0.3 is 5.69 Å². The van der Waals surface area contributed by atoms with Gasteiger partial charge in [-0.2, -0.15) is 0 Å². The number of H-pyrrole nitrogens is 1. The van der Waals surface area contributed by atoms with Crippen molar-refractivity contribution in [1.82, 2.24) is 9.55 Å². The summed E-state index contributed by atoms with van der Waals surface area (Å²) >= 11 is 4.70. The zero-order valence-electron chi connectivity index (χ0n) is 10.7. The topological polar surface area (TPSA) is 66.9 Å². The van der Waals surface area contributed by atoms with Crippen molar-refractivity contribution < 1.29 is 4.79 Å². The second kappa shape index (κ2) is 5.71. The highest BCUT2D eigenvalue weighted by Gasteiger charge is 2.09. The van der Waals surface area contributed by atoms with Gasteiger partial charge in [0.1, 0.15) is 0 Å². The molecule has 0 atom stereocenters. The molecule has 2 aromatic heterocycles. The molecule has 3 rings (SSSR count). The number of halogens is 1. The van der Waals surface area contributed by atoms with Crippen LogP contribution in [0.25, 0.3) is 5.69 Å². The molecule has 0 aliphatic heterocycles. The number of hydrogen-bond donors (Lipinski definition) is 2. The molecule has 1 amide bonds. The summed E-state index contributed by atoms with van der Waals surface area (Å²) in [5.41, 5.74) is 1.21. The van der Waals surface area contributed by atoms with Gasteiger partial charge in [0.05, 0.1) is 14.4 Å². The zero-order valence-corrected chi connectivity index (χ0v) is 13.1. The van der Waals surface area contributed by atoms with Crippen molar-refractivity contribution in [2.45, 2.75) is 0 Å². The maximum absolute atomic E-state index is 12.0. The van der Waals surface area contributed by atoms with Crippen molar-refractivity contribution >= 4 is 38.9 Å². The summed E-state index contributed by atoms with van der Waals surface area (Å²) in [6.07, 6.45) is 3.23. The summed E-state index contributed by atoms with van der Waals surface area (Å²) in [5, 5.41) is 2.81. The van der Waals surface area contributed by atoms with Crippen molar-refractivity contribution in [3.05, 3.63) is 67.9 Å². The minimum absolute atomic E-state index is 0.155. The Kier molecular flexibility index (Phi) is 3.76. The van der Waals surface area contributed by atoms with E-state index in [9.17, 15) is 9.59 Å². The number of anilines is 1. The number of hydrogen-bond acceptors (Lipinski definition) is 3. The lowest BCUT2D eigenvalue weighted by atomic mass is 10.2. The van der Waals surface area contributed by atoms with Gasteiger partial charge in [-0.05, 0) is 52.3 Å². The number of nitrogens with zero attached hydrogens (tertiary/aromatic N) is 1. The molecule has 0 aliphatic carbocycles. The minimum Gasteiger partial charge on any atom is -0.321 e. The maximum atomic E-state index is 12.0. The number of nitrogens with one attached hydrogen (secondary N) is 2. The van der Waals surface area contributed by atoms with Crippen LogP contribution in [0.4, 0.5) is 5.69 Å². The Labute approximate surface area is 132 Å². The summed E-state index contributed by atoms with van der Waals surface area (Å²) in [6.45, 7) is 0. The van der Waals surface area contributed by atoms with Crippen LogP contribution >= 0.6 is 27.3 Å². The van der Waals surface area contributed by atoms with E-state index in [0.29, 0.717) is 10.6 Å². The van der Waals surface area contributed by atoms with Crippen LogP contribution in [0.2, 0.25) is 0 Å². The fourth-order valence-electron chi connectivity index (χ4n) is 1.86. The van der Waals surface area contributed by atoms with Crippen LogP contribution in [-0.2, 0) is 0 Å². The van der Waals surface area contributed by atoms with Crippen LogP contribution in [0, 0.1) is 0 Å². The summed E-state index contributed by atoms with van der Waals surface area (Å²) in [7, 11) is 0. The highest BCUT2D eigenvalue weighted by atomic mass is 79.9. The Bertz CT molecular complexity index is 832. The number of amides is 1. The van der Waals surface area contributed by atoms with E-state index >= 15 is 0 Å². The third-order valence-corrected chi connectivity index (χ3v) is 4.47. The molecule has 0 spiro atoms. The fourth-order valence-corrected chi connectivity index (χ4v) is 3.14. The van der Waals surface area contributed by atoms with E-state index in [1.807, 2.05) is 6.07 Å². The van der Waals surface area contributed by atoms with Crippen LogP contribution in [-0.4, -0.2) is 15.5 Å². The van der Waals surface area contributed by atoms with Gasteiger partial charge in [0, 0.05) is 18.1 Å². The van der Waals surface area contributed by atoms with Crippen molar-refractivity contribution in [3.63, 3.8) is 0 Å². The molecule has 7 heteroatoms. The summed E-state index contributed by atoms with van der Waals surface area (Å²) < 4.78 is 2.40. The molecule has 2 N–H and O–H groups in total. The van der Waals surface area contributed by atoms with Crippen LogP contribution in [0.1, 0.15) is 9.67 Å². The number of aromatic amines is 1. The molecule has 0 saturated carbocycles. The summed E-state index contributed by atoms with van der Waals surface area (Å²) in [4.78, 5) is 26.7. The fraction of sp³-hybridized carbons (Fsp3) is 0. The monoisotopic (exact) mass is 363 g/mol. The van der Waals surface area contributed by atoms with Gasteiger partial charge in [0.15, 0.2) is 0 Å². The van der Waals surface area contributed by atoms with Crippen molar-refractivity contribution in [3.8, 4) is 5.69 Å². The lowest BCUT2D eigenvalue weighted by Gasteiger charge is -2.05. The Morgan fingerprint density at radius 3 is 2.52 bits per heavy atom. The number of imidazole rings is 1. The molecule has 106 valence electrons. The van der Waals surface area contributed by atoms with Gasteiger partial charge in [0.25, 0.3) is 5.91 Å². The van der Waals surface area contributed by atoms with Crippen LogP contribution < -0.4 is 11.0 Å². The zero-order chi connectivity index (χ0) is 14.8. The summed E-state index contributed by atoms with van der Waals surface area (Å²) in [6, 6.07) is 10.7. The molecule has 5 nitrogen and oxygen atoms in total. The molecule has 0 bridgehead atoms. The lowest BCUT2D eigenvalue weighted by Crippen LogP contribution is -2.14. The Balaban J connectivity index is 1.77. The van der Waals surface area contributed by atoms with E-state index in [4.69, 9.17) is 0 Å². The lowest BCUT2D eigenvalue weighted by molar-refractivity contribution is 0.103. The van der Waals surface area contributed by atoms with Crippen LogP contribution in [0.15, 0.2) is 57.4 Å². The SMILES string of the molecule is O=C(Nc1ccc(-n2cc[nH]c2=O)cc1)c1ccc(Br)s1. The molecule has 0 unspecified atom stereocenters. The van der Waals surface area contributed by atoms with E-state index < -0.39 is 0 Å². The molecular formula is C14H10BrN3O2S. The maximum Gasteiger partial charge on any atom is 0.330 e. The molecule has 1 aromatic carbocycles. The predicted octanol–water partition coefficient (Wildman–Crippen LogP) is 3.24. The van der Waals surface area contributed by atoms with E-state index in [1.54, 1.807) is 42.7 Å². The normalized spacial score (nSPS) is 10.5. The second-order valence-corrected chi connectivity index (χ2v) is 6.70. The number of benzene rings is 1. The van der Waals surface area contributed by atoms with Gasteiger partial charge in [-0.15, -0.1) is 11.3 Å². The molecule has 2 heterocycles. The second-order valence-electron chi connectivity index (χ2n) is 4.24. The molecule has 0 fully saturated rings. The Morgan fingerprint density at radius 2 is 1.95 bits per heavy atom. The van der Waals surface area contributed by atoms with E-state index in [-0.39, 0.29) is 11.6 Å². The van der Waals surface area contributed by atoms with Gasteiger partial charge in [0.2, 0.25) is 0 Å². The Morgan fingerprint density at radius 1 is 1.19 bits per heavy atom. The van der Waals surface area contributed by atoms with E-state index in [2.05, 4.69) is 26.2 Å². The standard InChI is InChI=1S/C14H10BrN3O2S/c15-12-6-5-11(21-12)13(19)17-9-1-3-10(4-2-9)18-8-7-16-14(18)20/h1-8H,(H,16,20)(H,17,19). The number of carbonyl (C=O) groups excluding carboxylic acids is 1. The first-order chi connectivity index (χ1) is 10.1.